The molecular formula is C23H22F3N3O. The van der Waals surface area contributed by atoms with E-state index in [0.29, 0.717) is 11.6 Å². The number of hydrogen-bond acceptors (Lipinski definition) is 4. The van der Waals surface area contributed by atoms with Gasteiger partial charge in [0.05, 0.1) is 0 Å². The molecular weight excluding hydrogens is 391 g/mol. The van der Waals surface area contributed by atoms with Crippen molar-refractivity contribution in [3.63, 3.8) is 0 Å². The highest BCUT2D eigenvalue weighted by Gasteiger charge is 2.36. The maximum atomic E-state index is 13.6. The summed E-state index contributed by atoms with van der Waals surface area (Å²) in [5, 5.41) is 2.91. The Balaban J connectivity index is 1.62. The fourth-order valence-electron chi connectivity index (χ4n) is 3.79. The topological polar surface area (TPSA) is 47.0 Å². The molecule has 1 aromatic heterocycles. The number of benzene rings is 2. The molecule has 1 saturated carbocycles. The Labute approximate surface area is 173 Å². The van der Waals surface area contributed by atoms with Crippen LogP contribution in [0.15, 0.2) is 60.8 Å². The molecule has 156 valence electrons. The summed E-state index contributed by atoms with van der Waals surface area (Å²) >= 11 is 0. The molecule has 1 fully saturated rings. The van der Waals surface area contributed by atoms with E-state index in [1.165, 1.54) is 0 Å². The number of aromatic nitrogens is 2. The summed E-state index contributed by atoms with van der Waals surface area (Å²) in [6.45, 7) is 0.171. The first-order valence-corrected chi connectivity index (χ1v) is 9.97. The molecule has 1 aliphatic rings. The van der Waals surface area contributed by atoms with Gasteiger partial charge in [0.15, 0.2) is 0 Å². The van der Waals surface area contributed by atoms with Gasteiger partial charge in [-0.2, -0.15) is 18.2 Å². The number of para-hydroxylation sites is 1. The van der Waals surface area contributed by atoms with Crippen LogP contribution in [0.1, 0.15) is 48.3 Å². The van der Waals surface area contributed by atoms with E-state index in [4.69, 9.17) is 4.74 Å². The molecule has 0 saturated heterocycles. The second-order valence-electron chi connectivity index (χ2n) is 7.38. The van der Waals surface area contributed by atoms with E-state index in [1.807, 2.05) is 48.5 Å². The number of nitrogens with one attached hydrogen (secondary N) is 1. The van der Waals surface area contributed by atoms with Crippen LogP contribution in [0, 0.1) is 0 Å². The van der Waals surface area contributed by atoms with E-state index in [1.54, 1.807) is 6.07 Å². The highest BCUT2D eigenvalue weighted by atomic mass is 19.4. The van der Waals surface area contributed by atoms with Crippen LogP contribution in [0.25, 0.3) is 0 Å². The number of ether oxygens (including phenoxy) is 1. The van der Waals surface area contributed by atoms with Crippen LogP contribution >= 0.6 is 0 Å². The lowest BCUT2D eigenvalue weighted by atomic mass is 9.96. The summed E-state index contributed by atoms with van der Waals surface area (Å²) in [5.41, 5.74) is 1.62. The lowest BCUT2D eigenvalue weighted by molar-refractivity contribution is -0.137. The Hall–Kier alpha value is -3.09. The van der Waals surface area contributed by atoms with Crippen molar-refractivity contribution in [3.05, 3.63) is 77.5 Å². The first kappa shape index (κ1) is 20.2. The maximum Gasteiger partial charge on any atom is 0.421 e. The number of halogens is 3. The van der Waals surface area contributed by atoms with Crippen LogP contribution in [0.2, 0.25) is 0 Å². The van der Waals surface area contributed by atoms with Crippen molar-refractivity contribution < 1.29 is 17.9 Å². The van der Waals surface area contributed by atoms with Gasteiger partial charge in [0.25, 0.3) is 0 Å². The Morgan fingerprint density at radius 1 is 0.967 bits per heavy atom. The highest BCUT2D eigenvalue weighted by molar-refractivity contribution is 5.64. The van der Waals surface area contributed by atoms with Gasteiger partial charge in [-0.05, 0) is 36.0 Å². The van der Waals surface area contributed by atoms with Gasteiger partial charge in [-0.1, -0.05) is 61.4 Å². The normalized spacial score (nSPS) is 14.6. The third-order valence-corrected chi connectivity index (χ3v) is 5.29. The lowest BCUT2D eigenvalue weighted by Crippen LogP contribution is -2.13. The smallest absolute Gasteiger partial charge is 0.421 e. The molecule has 0 amide bonds. The lowest BCUT2D eigenvalue weighted by Gasteiger charge is -2.19. The highest BCUT2D eigenvalue weighted by Crippen LogP contribution is 2.40. The Kier molecular flexibility index (Phi) is 5.88. The van der Waals surface area contributed by atoms with Gasteiger partial charge in [-0.15, -0.1) is 0 Å². The maximum absolute atomic E-state index is 13.6. The average Bonchev–Trinajstić information content (AvgIpc) is 3.27. The molecule has 7 heteroatoms. The Morgan fingerprint density at radius 2 is 1.67 bits per heavy atom. The third kappa shape index (κ3) is 4.72. The van der Waals surface area contributed by atoms with Crippen LogP contribution in [0.5, 0.6) is 6.01 Å². The zero-order valence-corrected chi connectivity index (χ0v) is 16.3. The van der Waals surface area contributed by atoms with Gasteiger partial charge in [0.2, 0.25) is 0 Å². The van der Waals surface area contributed by atoms with Gasteiger partial charge in [-0.25, -0.2) is 4.98 Å². The number of alkyl halides is 3. The SMILES string of the molecule is FC(F)(F)c1cnc(OCc2ccccc2)nc1Nc1ccccc1C1CCCC1. The fourth-order valence-corrected chi connectivity index (χ4v) is 3.79. The van der Waals surface area contributed by atoms with E-state index in [0.717, 1.165) is 43.0 Å². The Morgan fingerprint density at radius 3 is 2.40 bits per heavy atom. The van der Waals surface area contributed by atoms with Crippen molar-refractivity contribution in [1.82, 2.24) is 9.97 Å². The predicted octanol–water partition coefficient (Wildman–Crippen LogP) is 6.48. The molecule has 4 rings (SSSR count). The molecule has 2 aromatic carbocycles. The molecule has 0 spiro atoms. The summed E-state index contributed by atoms with van der Waals surface area (Å²) < 4.78 is 46.3. The molecule has 0 unspecified atom stereocenters. The first-order valence-electron chi connectivity index (χ1n) is 9.97. The molecule has 1 aliphatic carbocycles. The van der Waals surface area contributed by atoms with E-state index in [9.17, 15) is 13.2 Å². The van der Waals surface area contributed by atoms with Crippen LogP contribution < -0.4 is 10.1 Å². The minimum Gasteiger partial charge on any atom is -0.459 e. The number of anilines is 2. The number of hydrogen-bond donors (Lipinski definition) is 1. The number of rotatable bonds is 6. The quantitative estimate of drug-likeness (QED) is 0.503. The summed E-state index contributed by atoms with van der Waals surface area (Å²) in [5.74, 6) is 0.0460. The Bertz CT molecular complexity index is 986. The van der Waals surface area contributed by atoms with Crippen LogP contribution in [0.3, 0.4) is 0 Å². The first-order chi connectivity index (χ1) is 14.5. The molecule has 0 aliphatic heterocycles. The summed E-state index contributed by atoms with van der Waals surface area (Å²) in [6, 6.07) is 16.7. The van der Waals surface area contributed by atoms with E-state index in [2.05, 4.69) is 15.3 Å². The molecule has 1 N–H and O–H groups in total. The fraction of sp³-hybridized carbons (Fsp3) is 0.304. The van der Waals surface area contributed by atoms with Crippen LogP contribution in [-0.2, 0) is 12.8 Å². The minimum absolute atomic E-state index is 0.104. The van der Waals surface area contributed by atoms with Crippen LogP contribution in [0.4, 0.5) is 24.7 Å². The van der Waals surface area contributed by atoms with Crippen molar-refractivity contribution in [2.45, 2.75) is 44.4 Å². The van der Waals surface area contributed by atoms with Gasteiger partial charge in [0, 0.05) is 11.9 Å². The van der Waals surface area contributed by atoms with Crippen LogP contribution in [-0.4, -0.2) is 9.97 Å². The zero-order valence-electron chi connectivity index (χ0n) is 16.3. The van der Waals surface area contributed by atoms with E-state index < -0.39 is 11.7 Å². The standard InChI is InChI=1S/C23H22F3N3O/c24-23(25,26)19-14-27-22(30-15-16-8-2-1-3-9-16)29-21(19)28-20-13-7-6-12-18(20)17-10-4-5-11-17/h1-3,6-9,12-14,17H,4-5,10-11,15H2,(H,27,28,29). The van der Waals surface area contributed by atoms with E-state index in [-0.39, 0.29) is 18.4 Å². The largest absolute Gasteiger partial charge is 0.459 e. The molecule has 4 nitrogen and oxygen atoms in total. The van der Waals surface area contributed by atoms with Crippen molar-refractivity contribution in [3.8, 4) is 6.01 Å². The van der Waals surface area contributed by atoms with Crippen molar-refractivity contribution >= 4 is 11.5 Å². The second kappa shape index (κ2) is 8.73. The summed E-state index contributed by atoms with van der Waals surface area (Å²) in [4.78, 5) is 7.82. The van der Waals surface area contributed by atoms with Gasteiger partial charge >= 0.3 is 12.2 Å². The molecule has 30 heavy (non-hydrogen) atoms. The molecule has 0 radical (unpaired) electrons. The van der Waals surface area contributed by atoms with Crippen molar-refractivity contribution in [1.29, 1.82) is 0 Å². The average molecular weight is 413 g/mol. The number of nitrogens with zero attached hydrogens (tertiary/aromatic N) is 2. The summed E-state index contributed by atoms with van der Waals surface area (Å²) in [6.07, 6.45) is 0.548. The molecule has 0 bridgehead atoms. The minimum atomic E-state index is -4.58. The van der Waals surface area contributed by atoms with Gasteiger partial charge in [0.1, 0.15) is 18.0 Å². The second-order valence-corrected chi connectivity index (χ2v) is 7.38. The summed E-state index contributed by atoms with van der Waals surface area (Å²) in [7, 11) is 0. The van der Waals surface area contributed by atoms with Crippen molar-refractivity contribution in [2.75, 3.05) is 5.32 Å². The molecule has 3 aromatic rings. The van der Waals surface area contributed by atoms with Crippen molar-refractivity contribution in [2.24, 2.45) is 0 Å². The zero-order chi connectivity index (χ0) is 21.0. The van der Waals surface area contributed by atoms with Gasteiger partial charge in [-0.3, -0.25) is 0 Å². The molecule has 0 atom stereocenters. The van der Waals surface area contributed by atoms with Gasteiger partial charge < -0.3 is 10.1 Å². The molecule has 1 heterocycles. The monoisotopic (exact) mass is 413 g/mol. The predicted molar refractivity (Wildman–Crippen MR) is 109 cm³/mol. The third-order valence-electron chi connectivity index (χ3n) is 5.29. The van der Waals surface area contributed by atoms with E-state index >= 15 is 0 Å².